The third kappa shape index (κ3) is 3.32. The molecule has 1 aliphatic carbocycles. The first-order chi connectivity index (χ1) is 10.1. The summed E-state index contributed by atoms with van der Waals surface area (Å²) in [6, 6.07) is 11.3. The topological polar surface area (TPSA) is 23.5 Å². The second-order valence-corrected chi connectivity index (χ2v) is 7.34. The van der Waals surface area contributed by atoms with Crippen LogP contribution >= 0.6 is 0 Å². The van der Waals surface area contributed by atoms with Crippen molar-refractivity contribution in [3.05, 3.63) is 35.9 Å². The van der Waals surface area contributed by atoms with Crippen LogP contribution in [-0.4, -0.2) is 35.2 Å². The number of likely N-dealkylation sites (tertiary alicyclic amines) is 1. The Labute approximate surface area is 129 Å². The molecule has 2 nitrogen and oxygen atoms in total. The van der Waals surface area contributed by atoms with Gasteiger partial charge in [-0.3, -0.25) is 4.90 Å². The predicted molar refractivity (Wildman–Crippen MR) is 87.3 cm³/mol. The maximum Gasteiger partial charge on any atom is 0.0695 e. The van der Waals surface area contributed by atoms with E-state index in [1.165, 1.54) is 24.8 Å². The van der Waals surface area contributed by atoms with Crippen molar-refractivity contribution in [1.82, 2.24) is 4.90 Å². The Balaban J connectivity index is 1.64. The Bertz CT molecular complexity index is 444. The Hall–Kier alpha value is -0.860. The van der Waals surface area contributed by atoms with E-state index in [4.69, 9.17) is 0 Å². The molecule has 1 saturated carbocycles. The number of hydrogen-bond donors (Lipinski definition) is 1. The highest BCUT2D eigenvalue weighted by Gasteiger charge is 2.37. The van der Waals surface area contributed by atoms with E-state index < -0.39 is 0 Å². The molecule has 0 amide bonds. The summed E-state index contributed by atoms with van der Waals surface area (Å²) in [7, 11) is 0. The van der Waals surface area contributed by atoms with Crippen molar-refractivity contribution < 1.29 is 5.11 Å². The minimum absolute atomic E-state index is 0.116. The highest BCUT2D eigenvalue weighted by atomic mass is 16.3. The molecule has 4 unspecified atom stereocenters. The van der Waals surface area contributed by atoms with Gasteiger partial charge in [-0.25, -0.2) is 0 Å². The van der Waals surface area contributed by atoms with E-state index in [1.54, 1.807) is 0 Å². The summed E-state index contributed by atoms with van der Waals surface area (Å²) in [5.41, 5.74) is 1.46. The van der Waals surface area contributed by atoms with Gasteiger partial charge < -0.3 is 5.11 Å². The Kier molecular flexibility index (Phi) is 4.66. The van der Waals surface area contributed by atoms with Crippen LogP contribution in [0.2, 0.25) is 0 Å². The lowest BCUT2D eigenvalue weighted by Crippen LogP contribution is -2.47. The lowest BCUT2D eigenvalue weighted by molar-refractivity contribution is 0.00465. The molecule has 2 aliphatic rings. The van der Waals surface area contributed by atoms with E-state index in [-0.39, 0.29) is 6.10 Å². The van der Waals surface area contributed by atoms with Crippen molar-refractivity contribution in [3.63, 3.8) is 0 Å². The van der Waals surface area contributed by atoms with Gasteiger partial charge >= 0.3 is 0 Å². The van der Waals surface area contributed by atoms with Crippen LogP contribution in [0.4, 0.5) is 0 Å². The average Bonchev–Trinajstić information content (AvgIpc) is 2.98. The van der Waals surface area contributed by atoms with Crippen molar-refractivity contribution in [2.24, 2.45) is 11.8 Å². The molecular formula is C19H29NO. The van der Waals surface area contributed by atoms with Crippen LogP contribution in [0.1, 0.15) is 51.0 Å². The average molecular weight is 287 g/mol. The predicted octanol–water partition coefficient (Wildman–Crippen LogP) is 3.66. The van der Waals surface area contributed by atoms with E-state index in [1.807, 2.05) is 0 Å². The monoisotopic (exact) mass is 287 g/mol. The zero-order chi connectivity index (χ0) is 14.8. The first-order valence-corrected chi connectivity index (χ1v) is 8.62. The number of aliphatic hydroxyl groups excluding tert-OH is 1. The van der Waals surface area contributed by atoms with Crippen LogP contribution in [0.15, 0.2) is 30.3 Å². The summed E-state index contributed by atoms with van der Waals surface area (Å²) in [5, 5.41) is 10.4. The van der Waals surface area contributed by atoms with Crippen molar-refractivity contribution >= 4 is 0 Å². The van der Waals surface area contributed by atoms with Crippen LogP contribution in [-0.2, 0) is 0 Å². The maximum absolute atomic E-state index is 10.4. The molecule has 2 heteroatoms. The highest BCUT2D eigenvalue weighted by molar-refractivity contribution is 5.21. The molecule has 1 heterocycles. The summed E-state index contributed by atoms with van der Waals surface area (Å²) in [4.78, 5) is 2.57. The first-order valence-electron chi connectivity index (χ1n) is 8.62. The number of hydrogen-bond acceptors (Lipinski definition) is 2. The molecular weight excluding hydrogens is 258 g/mol. The first kappa shape index (κ1) is 15.1. The van der Waals surface area contributed by atoms with E-state index in [9.17, 15) is 5.11 Å². The second-order valence-electron chi connectivity index (χ2n) is 7.34. The fourth-order valence-electron chi connectivity index (χ4n) is 4.25. The lowest BCUT2D eigenvalue weighted by Gasteiger charge is -2.40. The lowest BCUT2D eigenvalue weighted by atomic mass is 9.77. The zero-order valence-corrected chi connectivity index (χ0v) is 13.4. The van der Waals surface area contributed by atoms with Crippen LogP contribution in [0.3, 0.4) is 0 Å². The number of aliphatic hydroxyl groups is 1. The highest BCUT2D eigenvalue weighted by Crippen LogP contribution is 2.36. The van der Waals surface area contributed by atoms with Crippen molar-refractivity contribution in [2.45, 2.75) is 57.6 Å². The smallest absolute Gasteiger partial charge is 0.0695 e. The fraction of sp³-hybridized carbons (Fsp3) is 0.684. The summed E-state index contributed by atoms with van der Waals surface area (Å²) in [6.45, 7) is 6.93. The zero-order valence-electron chi connectivity index (χ0n) is 13.4. The van der Waals surface area contributed by atoms with Gasteiger partial charge in [0.15, 0.2) is 0 Å². The molecule has 0 radical (unpaired) electrons. The Morgan fingerprint density at radius 3 is 2.57 bits per heavy atom. The molecule has 1 N–H and O–H groups in total. The largest absolute Gasteiger partial charge is 0.391 e. The van der Waals surface area contributed by atoms with Gasteiger partial charge in [0.1, 0.15) is 0 Å². The van der Waals surface area contributed by atoms with Crippen molar-refractivity contribution in [1.29, 1.82) is 0 Å². The third-order valence-corrected chi connectivity index (χ3v) is 5.72. The molecule has 21 heavy (non-hydrogen) atoms. The summed E-state index contributed by atoms with van der Waals surface area (Å²) >= 11 is 0. The fourth-order valence-corrected chi connectivity index (χ4v) is 4.25. The van der Waals surface area contributed by atoms with E-state index >= 15 is 0 Å². The molecule has 0 spiro atoms. The molecule has 1 aliphatic heterocycles. The minimum Gasteiger partial charge on any atom is -0.391 e. The summed E-state index contributed by atoms with van der Waals surface area (Å²) in [5.74, 6) is 2.18. The molecule has 1 saturated heterocycles. The molecule has 4 atom stereocenters. The second kappa shape index (κ2) is 6.50. The molecule has 2 fully saturated rings. The molecule has 1 aromatic rings. The van der Waals surface area contributed by atoms with Gasteiger partial charge in [0, 0.05) is 12.6 Å². The summed E-state index contributed by atoms with van der Waals surface area (Å²) in [6.07, 6.45) is 4.49. The molecule has 3 rings (SSSR count). The van der Waals surface area contributed by atoms with Gasteiger partial charge in [-0.05, 0) is 55.5 Å². The number of benzene rings is 1. The molecule has 116 valence electrons. The van der Waals surface area contributed by atoms with Gasteiger partial charge in [-0.15, -0.1) is 0 Å². The van der Waals surface area contributed by atoms with Crippen molar-refractivity contribution in [2.75, 3.05) is 13.1 Å². The SMILES string of the molecule is CC(C)C1CCC(O)C(N2CCC(c3ccccc3)C2)C1. The van der Waals surface area contributed by atoms with Gasteiger partial charge in [0.2, 0.25) is 0 Å². The van der Waals surface area contributed by atoms with Crippen LogP contribution in [0.25, 0.3) is 0 Å². The van der Waals surface area contributed by atoms with E-state index in [0.717, 1.165) is 31.3 Å². The van der Waals surface area contributed by atoms with Crippen LogP contribution in [0, 0.1) is 11.8 Å². The quantitative estimate of drug-likeness (QED) is 0.917. The van der Waals surface area contributed by atoms with Crippen LogP contribution in [0.5, 0.6) is 0 Å². The van der Waals surface area contributed by atoms with Gasteiger partial charge in [0.25, 0.3) is 0 Å². The molecule has 1 aromatic carbocycles. The van der Waals surface area contributed by atoms with Crippen molar-refractivity contribution in [3.8, 4) is 0 Å². The Morgan fingerprint density at radius 2 is 1.86 bits per heavy atom. The van der Waals surface area contributed by atoms with Gasteiger partial charge in [0.05, 0.1) is 6.10 Å². The van der Waals surface area contributed by atoms with E-state index in [2.05, 4.69) is 49.1 Å². The maximum atomic E-state index is 10.4. The standard InChI is InChI=1S/C19H29NO/c1-14(2)16-8-9-19(21)18(12-16)20-11-10-17(13-20)15-6-4-3-5-7-15/h3-7,14,16-19,21H,8-13H2,1-2H3. The number of nitrogens with zero attached hydrogens (tertiary/aromatic N) is 1. The number of rotatable bonds is 3. The molecule has 0 bridgehead atoms. The van der Waals surface area contributed by atoms with E-state index in [0.29, 0.717) is 12.0 Å². The molecule has 0 aromatic heterocycles. The normalized spacial score (nSPS) is 34.5. The third-order valence-electron chi connectivity index (χ3n) is 5.72. The Morgan fingerprint density at radius 1 is 1.10 bits per heavy atom. The van der Waals surface area contributed by atoms with Gasteiger partial charge in [-0.2, -0.15) is 0 Å². The summed E-state index contributed by atoms with van der Waals surface area (Å²) < 4.78 is 0. The minimum atomic E-state index is -0.116. The van der Waals surface area contributed by atoms with Gasteiger partial charge in [-0.1, -0.05) is 44.2 Å². The van der Waals surface area contributed by atoms with Crippen LogP contribution < -0.4 is 0 Å².